The molecule has 0 amide bonds. The highest BCUT2D eigenvalue weighted by molar-refractivity contribution is 7.79. The van der Waals surface area contributed by atoms with Gasteiger partial charge in [0.05, 0.1) is 0 Å². The van der Waals surface area contributed by atoms with Crippen molar-refractivity contribution in [2.75, 3.05) is 0 Å². The second-order valence-electron chi connectivity index (χ2n) is 4.67. The first-order valence-electron chi connectivity index (χ1n) is 4.93. The van der Waals surface area contributed by atoms with Gasteiger partial charge in [0.15, 0.2) is 0 Å². The van der Waals surface area contributed by atoms with Crippen LogP contribution < -0.4 is 0 Å². The first-order chi connectivity index (χ1) is 6.90. The van der Waals surface area contributed by atoms with Crippen LogP contribution in [-0.4, -0.2) is 0 Å². The standard InChI is InChI=1S/C12H17ClS2/c1-12(2,3)10-4-8(6-14)11(13)9(5-10)7-15/h4-5,14-15H,6-7H2,1-3H3. The van der Waals surface area contributed by atoms with E-state index in [1.807, 2.05) is 0 Å². The number of thiol groups is 2. The summed E-state index contributed by atoms with van der Waals surface area (Å²) in [5.74, 6) is 1.34. The van der Waals surface area contributed by atoms with E-state index in [0.29, 0.717) is 11.5 Å². The van der Waals surface area contributed by atoms with E-state index in [9.17, 15) is 0 Å². The molecule has 0 saturated carbocycles. The first kappa shape index (κ1) is 13.3. The average molecular weight is 261 g/mol. The van der Waals surface area contributed by atoms with Crippen LogP contribution in [-0.2, 0) is 16.9 Å². The maximum absolute atomic E-state index is 6.23. The lowest BCUT2D eigenvalue weighted by atomic mass is 9.85. The van der Waals surface area contributed by atoms with Crippen molar-refractivity contribution in [2.45, 2.75) is 37.7 Å². The van der Waals surface area contributed by atoms with E-state index in [-0.39, 0.29) is 5.41 Å². The van der Waals surface area contributed by atoms with E-state index in [4.69, 9.17) is 11.6 Å². The van der Waals surface area contributed by atoms with Crippen molar-refractivity contribution in [1.29, 1.82) is 0 Å². The van der Waals surface area contributed by atoms with Gasteiger partial charge in [-0.1, -0.05) is 44.5 Å². The third-order valence-corrected chi connectivity index (χ3v) is 3.60. The van der Waals surface area contributed by atoms with E-state index in [1.54, 1.807) is 0 Å². The molecule has 0 aliphatic rings. The molecule has 1 aromatic carbocycles. The smallest absolute Gasteiger partial charge is 0.0486 e. The van der Waals surface area contributed by atoms with Crippen molar-refractivity contribution >= 4 is 36.9 Å². The fourth-order valence-electron chi connectivity index (χ4n) is 1.41. The lowest BCUT2D eigenvalue weighted by Gasteiger charge is -2.22. The maximum atomic E-state index is 6.23. The molecule has 1 aromatic rings. The summed E-state index contributed by atoms with van der Waals surface area (Å²) in [6.45, 7) is 6.59. The minimum absolute atomic E-state index is 0.139. The zero-order valence-corrected chi connectivity index (χ0v) is 11.9. The molecule has 0 aliphatic carbocycles. The first-order valence-corrected chi connectivity index (χ1v) is 6.58. The van der Waals surface area contributed by atoms with E-state index >= 15 is 0 Å². The molecule has 0 radical (unpaired) electrons. The van der Waals surface area contributed by atoms with Gasteiger partial charge in [0.2, 0.25) is 0 Å². The van der Waals surface area contributed by atoms with Crippen LogP contribution in [0.2, 0.25) is 5.02 Å². The lowest BCUT2D eigenvalue weighted by molar-refractivity contribution is 0.589. The number of hydrogen-bond acceptors (Lipinski definition) is 2. The Balaban J connectivity index is 3.33. The molecule has 1 rings (SSSR count). The quantitative estimate of drug-likeness (QED) is 0.719. The molecule has 0 saturated heterocycles. The number of halogens is 1. The van der Waals surface area contributed by atoms with Crippen LogP contribution >= 0.6 is 36.9 Å². The summed E-state index contributed by atoms with van der Waals surface area (Å²) in [6.07, 6.45) is 0. The molecule has 15 heavy (non-hydrogen) atoms. The average Bonchev–Trinajstić information content (AvgIpc) is 2.16. The molecule has 84 valence electrons. The van der Waals surface area contributed by atoms with E-state index in [1.165, 1.54) is 5.56 Å². The summed E-state index contributed by atoms with van der Waals surface area (Å²) in [4.78, 5) is 0. The molecule has 0 bridgehead atoms. The van der Waals surface area contributed by atoms with Crippen molar-refractivity contribution in [3.8, 4) is 0 Å². The van der Waals surface area contributed by atoms with Crippen molar-refractivity contribution in [1.82, 2.24) is 0 Å². The Hall–Kier alpha value is 0.210. The molecule has 0 aliphatic heterocycles. The van der Waals surface area contributed by atoms with Gasteiger partial charge in [-0.3, -0.25) is 0 Å². The van der Waals surface area contributed by atoms with Crippen molar-refractivity contribution < 1.29 is 0 Å². The summed E-state index contributed by atoms with van der Waals surface area (Å²) >= 11 is 14.8. The van der Waals surface area contributed by atoms with Gasteiger partial charge >= 0.3 is 0 Å². The van der Waals surface area contributed by atoms with Gasteiger partial charge in [-0.2, -0.15) is 25.3 Å². The topological polar surface area (TPSA) is 0 Å². The van der Waals surface area contributed by atoms with Crippen LogP contribution in [0.25, 0.3) is 0 Å². The minimum atomic E-state index is 0.139. The number of hydrogen-bond donors (Lipinski definition) is 2. The van der Waals surface area contributed by atoms with Gasteiger partial charge in [-0.05, 0) is 22.1 Å². The van der Waals surface area contributed by atoms with E-state index < -0.39 is 0 Å². The molecule has 0 atom stereocenters. The summed E-state index contributed by atoms with van der Waals surface area (Å²) in [7, 11) is 0. The fraction of sp³-hybridized carbons (Fsp3) is 0.500. The molecule has 0 nitrogen and oxygen atoms in total. The zero-order chi connectivity index (χ0) is 11.6. The number of benzene rings is 1. The summed E-state index contributed by atoms with van der Waals surface area (Å²) < 4.78 is 0. The Kier molecular flexibility index (Phi) is 4.45. The van der Waals surface area contributed by atoms with Crippen LogP contribution in [0, 0.1) is 0 Å². The Morgan fingerprint density at radius 1 is 1.07 bits per heavy atom. The van der Waals surface area contributed by atoms with Crippen molar-refractivity contribution in [3.05, 3.63) is 33.8 Å². The zero-order valence-electron chi connectivity index (χ0n) is 9.34. The van der Waals surface area contributed by atoms with Crippen molar-refractivity contribution in [3.63, 3.8) is 0 Å². The molecule has 0 heterocycles. The molecule has 0 fully saturated rings. The SMILES string of the molecule is CC(C)(C)c1cc(CS)c(Cl)c(CS)c1. The second-order valence-corrected chi connectivity index (χ2v) is 5.69. The lowest BCUT2D eigenvalue weighted by Crippen LogP contribution is -2.12. The van der Waals surface area contributed by atoms with Gasteiger partial charge in [0, 0.05) is 16.5 Å². The summed E-state index contributed by atoms with van der Waals surface area (Å²) in [5.41, 5.74) is 3.62. The Morgan fingerprint density at radius 2 is 1.47 bits per heavy atom. The Labute approximate surface area is 108 Å². The van der Waals surface area contributed by atoms with Crippen LogP contribution in [0.1, 0.15) is 37.5 Å². The maximum Gasteiger partial charge on any atom is 0.0486 e. The third kappa shape index (κ3) is 3.08. The Bertz CT molecular complexity index is 328. The molecular weight excluding hydrogens is 244 g/mol. The third-order valence-electron chi connectivity index (χ3n) is 2.43. The highest BCUT2D eigenvalue weighted by atomic mass is 35.5. The molecule has 3 heteroatoms. The van der Waals surface area contributed by atoms with Crippen LogP contribution in [0.15, 0.2) is 12.1 Å². The highest BCUT2D eigenvalue weighted by Crippen LogP contribution is 2.31. The van der Waals surface area contributed by atoms with Crippen LogP contribution in [0.3, 0.4) is 0 Å². The van der Waals surface area contributed by atoms with Crippen LogP contribution in [0.5, 0.6) is 0 Å². The van der Waals surface area contributed by atoms with Crippen LogP contribution in [0.4, 0.5) is 0 Å². The summed E-state index contributed by atoms with van der Waals surface area (Å²) in [5, 5.41) is 0.813. The van der Waals surface area contributed by atoms with E-state index in [2.05, 4.69) is 58.2 Å². The second kappa shape index (κ2) is 5.03. The van der Waals surface area contributed by atoms with Gasteiger partial charge in [-0.25, -0.2) is 0 Å². The molecule has 0 spiro atoms. The highest BCUT2D eigenvalue weighted by Gasteiger charge is 2.17. The monoisotopic (exact) mass is 260 g/mol. The van der Waals surface area contributed by atoms with Gasteiger partial charge in [0.1, 0.15) is 0 Å². The Morgan fingerprint density at radius 3 is 1.73 bits per heavy atom. The predicted molar refractivity (Wildman–Crippen MR) is 75.5 cm³/mol. The molecule has 0 unspecified atom stereocenters. The molecule has 0 N–H and O–H groups in total. The summed E-state index contributed by atoms with van der Waals surface area (Å²) in [6, 6.07) is 4.28. The fourth-order valence-corrected chi connectivity index (χ4v) is 2.34. The molecule has 0 aromatic heterocycles. The largest absolute Gasteiger partial charge is 0.174 e. The van der Waals surface area contributed by atoms with Gasteiger partial charge < -0.3 is 0 Å². The molecular formula is C12H17ClS2. The van der Waals surface area contributed by atoms with Gasteiger partial charge in [-0.15, -0.1) is 0 Å². The predicted octanol–water partition coefficient (Wildman–Crippen LogP) is 4.50. The van der Waals surface area contributed by atoms with E-state index in [0.717, 1.165) is 16.1 Å². The van der Waals surface area contributed by atoms with Crippen molar-refractivity contribution in [2.24, 2.45) is 0 Å². The normalized spacial score (nSPS) is 11.9. The van der Waals surface area contributed by atoms with Gasteiger partial charge in [0.25, 0.3) is 0 Å². The minimum Gasteiger partial charge on any atom is -0.174 e. The number of rotatable bonds is 2.